The number of rotatable bonds is 2. The third-order valence-electron chi connectivity index (χ3n) is 3.24. The van der Waals surface area contributed by atoms with Crippen molar-refractivity contribution in [2.75, 3.05) is 7.11 Å². The van der Waals surface area contributed by atoms with Gasteiger partial charge in [0.2, 0.25) is 0 Å². The van der Waals surface area contributed by atoms with Gasteiger partial charge in [-0.05, 0) is 18.2 Å². The first-order chi connectivity index (χ1) is 10.2. The van der Waals surface area contributed by atoms with E-state index in [1.165, 1.54) is 13.2 Å². The van der Waals surface area contributed by atoms with E-state index in [1.54, 1.807) is 30.3 Å². The standard InChI is InChI=1S/C17H12FNO2/c1-21-17(20)13-8-7-12-9-14(18)16(19-15(12)10-13)11-5-3-2-4-6-11/h2-10H,1H3. The predicted octanol–water partition coefficient (Wildman–Crippen LogP) is 3.83. The Morgan fingerprint density at radius 3 is 2.57 bits per heavy atom. The second-order valence-electron chi connectivity index (χ2n) is 4.58. The fraction of sp³-hybridized carbons (Fsp3) is 0.0588. The molecule has 1 aromatic heterocycles. The van der Waals surface area contributed by atoms with Gasteiger partial charge in [0.15, 0.2) is 0 Å². The average Bonchev–Trinajstić information content (AvgIpc) is 2.54. The molecule has 21 heavy (non-hydrogen) atoms. The summed E-state index contributed by atoms with van der Waals surface area (Å²) in [7, 11) is 1.32. The zero-order chi connectivity index (χ0) is 14.8. The number of hydrogen-bond acceptors (Lipinski definition) is 3. The van der Waals surface area contributed by atoms with Gasteiger partial charge in [0, 0.05) is 10.9 Å². The molecule has 3 aromatic rings. The molecule has 104 valence electrons. The third-order valence-corrected chi connectivity index (χ3v) is 3.24. The predicted molar refractivity (Wildman–Crippen MR) is 78.5 cm³/mol. The lowest BCUT2D eigenvalue weighted by Gasteiger charge is -2.06. The van der Waals surface area contributed by atoms with E-state index in [-0.39, 0.29) is 11.5 Å². The summed E-state index contributed by atoms with van der Waals surface area (Å²) < 4.78 is 18.9. The number of pyridine rings is 1. The summed E-state index contributed by atoms with van der Waals surface area (Å²) in [6.45, 7) is 0. The number of hydrogen-bond donors (Lipinski definition) is 0. The van der Waals surface area contributed by atoms with Crippen LogP contribution < -0.4 is 0 Å². The van der Waals surface area contributed by atoms with Crippen molar-refractivity contribution in [3.05, 3.63) is 66.0 Å². The van der Waals surface area contributed by atoms with Crippen molar-refractivity contribution in [1.29, 1.82) is 0 Å². The minimum absolute atomic E-state index is 0.269. The molecule has 0 spiro atoms. The molecule has 0 atom stereocenters. The molecule has 0 unspecified atom stereocenters. The Hall–Kier alpha value is -2.75. The van der Waals surface area contributed by atoms with Gasteiger partial charge in [-0.1, -0.05) is 36.4 Å². The summed E-state index contributed by atoms with van der Waals surface area (Å²) in [6, 6.07) is 15.4. The topological polar surface area (TPSA) is 39.2 Å². The number of carbonyl (C=O) groups excluding carboxylic acids is 1. The molecule has 3 rings (SSSR count). The third kappa shape index (κ3) is 2.48. The van der Waals surface area contributed by atoms with Crippen LogP contribution in [0.1, 0.15) is 10.4 Å². The maximum atomic E-state index is 14.2. The van der Waals surface area contributed by atoms with Crippen LogP contribution in [-0.4, -0.2) is 18.1 Å². The number of aromatic nitrogens is 1. The summed E-state index contributed by atoms with van der Waals surface area (Å²) >= 11 is 0. The fourth-order valence-corrected chi connectivity index (χ4v) is 2.18. The molecule has 0 aliphatic rings. The Balaban J connectivity index is 2.19. The Morgan fingerprint density at radius 1 is 1.10 bits per heavy atom. The summed E-state index contributed by atoms with van der Waals surface area (Å²) in [5.74, 6) is -0.830. The molecule has 0 aliphatic heterocycles. The first-order valence-electron chi connectivity index (χ1n) is 6.43. The van der Waals surface area contributed by atoms with Crippen LogP contribution in [0.2, 0.25) is 0 Å². The van der Waals surface area contributed by atoms with Gasteiger partial charge in [0.1, 0.15) is 11.5 Å². The van der Waals surface area contributed by atoms with E-state index in [2.05, 4.69) is 9.72 Å². The molecule has 0 fully saturated rings. The van der Waals surface area contributed by atoms with Crippen LogP contribution in [-0.2, 0) is 4.74 Å². The second-order valence-corrected chi connectivity index (χ2v) is 4.58. The highest BCUT2D eigenvalue weighted by atomic mass is 19.1. The number of nitrogens with zero attached hydrogens (tertiary/aromatic N) is 1. The monoisotopic (exact) mass is 281 g/mol. The van der Waals surface area contributed by atoms with Crippen LogP contribution in [0.15, 0.2) is 54.6 Å². The molecule has 3 nitrogen and oxygen atoms in total. The number of methoxy groups -OCH3 is 1. The maximum absolute atomic E-state index is 14.2. The van der Waals surface area contributed by atoms with Gasteiger partial charge in [0.05, 0.1) is 18.2 Å². The van der Waals surface area contributed by atoms with Crippen molar-refractivity contribution in [2.45, 2.75) is 0 Å². The molecule has 2 aromatic carbocycles. The second kappa shape index (κ2) is 5.32. The Bertz CT molecular complexity index is 816. The highest BCUT2D eigenvalue weighted by Crippen LogP contribution is 2.25. The van der Waals surface area contributed by atoms with Crippen molar-refractivity contribution < 1.29 is 13.9 Å². The summed E-state index contributed by atoms with van der Waals surface area (Å²) in [5, 5.41) is 0.639. The van der Waals surface area contributed by atoms with Crippen LogP contribution in [0, 0.1) is 5.82 Å². The van der Waals surface area contributed by atoms with E-state index in [4.69, 9.17) is 0 Å². The highest BCUT2D eigenvalue weighted by molar-refractivity contribution is 5.94. The first-order valence-corrected chi connectivity index (χ1v) is 6.43. The van der Waals surface area contributed by atoms with E-state index >= 15 is 0 Å². The van der Waals surface area contributed by atoms with E-state index in [0.29, 0.717) is 22.0 Å². The smallest absolute Gasteiger partial charge is 0.337 e. The van der Waals surface area contributed by atoms with E-state index < -0.39 is 5.97 Å². The summed E-state index contributed by atoms with van der Waals surface area (Å²) in [4.78, 5) is 15.9. The van der Waals surface area contributed by atoms with Crippen molar-refractivity contribution in [3.8, 4) is 11.3 Å². The van der Waals surface area contributed by atoms with E-state index in [1.807, 2.05) is 18.2 Å². The molecule has 0 N–H and O–H groups in total. The van der Waals surface area contributed by atoms with Crippen molar-refractivity contribution in [2.24, 2.45) is 0 Å². The van der Waals surface area contributed by atoms with Crippen LogP contribution >= 0.6 is 0 Å². The Kier molecular flexibility index (Phi) is 3.36. The lowest BCUT2D eigenvalue weighted by molar-refractivity contribution is 0.0601. The molecule has 0 saturated heterocycles. The van der Waals surface area contributed by atoms with Gasteiger partial charge in [-0.25, -0.2) is 14.2 Å². The van der Waals surface area contributed by atoms with E-state index in [0.717, 1.165) is 0 Å². The van der Waals surface area contributed by atoms with Crippen LogP contribution in [0.3, 0.4) is 0 Å². The number of carbonyl (C=O) groups is 1. The quantitative estimate of drug-likeness (QED) is 0.670. The SMILES string of the molecule is COC(=O)c1ccc2cc(F)c(-c3ccccc3)nc2c1. The molecule has 0 amide bonds. The molecule has 4 heteroatoms. The highest BCUT2D eigenvalue weighted by Gasteiger charge is 2.11. The number of fused-ring (bicyclic) bond motifs is 1. The van der Waals surface area contributed by atoms with Crippen molar-refractivity contribution >= 4 is 16.9 Å². The summed E-state index contributed by atoms with van der Waals surface area (Å²) in [6.07, 6.45) is 0. The number of halogens is 1. The molecular formula is C17H12FNO2. The zero-order valence-electron chi connectivity index (χ0n) is 11.3. The van der Waals surface area contributed by atoms with Gasteiger partial charge in [-0.3, -0.25) is 0 Å². The Morgan fingerprint density at radius 2 is 1.86 bits per heavy atom. The van der Waals surface area contributed by atoms with Gasteiger partial charge in [-0.15, -0.1) is 0 Å². The number of benzene rings is 2. The van der Waals surface area contributed by atoms with Crippen LogP contribution in [0.5, 0.6) is 0 Å². The van der Waals surface area contributed by atoms with Crippen molar-refractivity contribution in [3.63, 3.8) is 0 Å². The average molecular weight is 281 g/mol. The summed E-state index contributed by atoms with van der Waals surface area (Å²) in [5.41, 5.74) is 1.91. The van der Waals surface area contributed by atoms with Crippen molar-refractivity contribution in [1.82, 2.24) is 4.98 Å². The van der Waals surface area contributed by atoms with Crippen LogP contribution in [0.25, 0.3) is 22.2 Å². The largest absolute Gasteiger partial charge is 0.465 e. The van der Waals surface area contributed by atoms with Gasteiger partial charge in [-0.2, -0.15) is 0 Å². The normalized spacial score (nSPS) is 10.6. The fourth-order valence-electron chi connectivity index (χ4n) is 2.18. The molecule has 0 bridgehead atoms. The zero-order valence-corrected chi connectivity index (χ0v) is 11.3. The lowest BCUT2D eigenvalue weighted by Crippen LogP contribution is -2.01. The van der Waals surface area contributed by atoms with Crippen LogP contribution in [0.4, 0.5) is 4.39 Å². The number of esters is 1. The number of ether oxygens (including phenoxy) is 1. The van der Waals surface area contributed by atoms with Gasteiger partial charge < -0.3 is 4.74 Å². The lowest BCUT2D eigenvalue weighted by atomic mass is 10.1. The van der Waals surface area contributed by atoms with E-state index in [9.17, 15) is 9.18 Å². The molecule has 0 aliphatic carbocycles. The van der Waals surface area contributed by atoms with Gasteiger partial charge in [0.25, 0.3) is 0 Å². The first kappa shape index (κ1) is 13.2. The minimum atomic E-state index is -0.440. The van der Waals surface area contributed by atoms with Gasteiger partial charge >= 0.3 is 5.97 Å². The molecule has 1 heterocycles. The molecular weight excluding hydrogens is 269 g/mol. The Labute approximate surface area is 121 Å². The molecule has 0 saturated carbocycles. The minimum Gasteiger partial charge on any atom is -0.465 e. The maximum Gasteiger partial charge on any atom is 0.337 e. The molecule has 0 radical (unpaired) electrons.